The summed E-state index contributed by atoms with van der Waals surface area (Å²) in [7, 11) is -1.35. The van der Waals surface area contributed by atoms with Gasteiger partial charge in [0.1, 0.15) is 11.5 Å². The molecule has 142 valence electrons. The molecule has 0 aliphatic carbocycles. The van der Waals surface area contributed by atoms with E-state index in [0.29, 0.717) is 42.1 Å². The van der Waals surface area contributed by atoms with Gasteiger partial charge >= 0.3 is 0 Å². The SMILES string of the molecule is CCOCCCNC(=O)C[S@@](=O)Cc1nc(-c2ccc(Cl)cc2)oc1C. The molecule has 0 unspecified atom stereocenters. The number of ether oxygens (including phenoxy) is 1. The number of hydrogen-bond acceptors (Lipinski definition) is 5. The molecule has 0 bridgehead atoms. The lowest BCUT2D eigenvalue weighted by molar-refractivity contribution is -0.118. The summed E-state index contributed by atoms with van der Waals surface area (Å²) >= 11 is 5.88. The minimum atomic E-state index is -1.35. The van der Waals surface area contributed by atoms with Crippen LogP contribution in [0.4, 0.5) is 0 Å². The van der Waals surface area contributed by atoms with Crippen LogP contribution in [0.25, 0.3) is 11.5 Å². The Balaban J connectivity index is 1.85. The summed E-state index contributed by atoms with van der Waals surface area (Å²) in [5.41, 5.74) is 1.39. The fourth-order valence-corrected chi connectivity index (χ4v) is 3.42. The number of hydrogen-bond donors (Lipinski definition) is 1. The van der Waals surface area contributed by atoms with Crippen LogP contribution < -0.4 is 5.32 Å². The predicted molar refractivity (Wildman–Crippen MR) is 103 cm³/mol. The van der Waals surface area contributed by atoms with Gasteiger partial charge in [-0.3, -0.25) is 9.00 Å². The van der Waals surface area contributed by atoms with Crippen LogP contribution in [0.5, 0.6) is 0 Å². The molecule has 6 nitrogen and oxygen atoms in total. The molecule has 2 rings (SSSR count). The van der Waals surface area contributed by atoms with Crippen molar-refractivity contribution in [1.82, 2.24) is 10.3 Å². The molecule has 0 spiro atoms. The summed E-state index contributed by atoms with van der Waals surface area (Å²) in [6.45, 7) is 5.47. The highest BCUT2D eigenvalue weighted by Crippen LogP contribution is 2.23. The Bertz CT molecular complexity index is 746. The number of halogens is 1. The van der Waals surface area contributed by atoms with Crippen molar-refractivity contribution in [3.05, 3.63) is 40.7 Å². The number of nitrogens with one attached hydrogen (secondary N) is 1. The number of oxazole rings is 1. The second kappa shape index (κ2) is 10.4. The number of carbonyl (C=O) groups is 1. The Hall–Kier alpha value is -1.70. The molecule has 1 N–H and O–H groups in total. The van der Waals surface area contributed by atoms with Crippen molar-refractivity contribution in [3.63, 3.8) is 0 Å². The van der Waals surface area contributed by atoms with E-state index in [0.717, 1.165) is 12.0 Å². The van der Waals surface area contributed by atoms with E-state index in [1.165, 1.54) is 0 Å². The molecule has 0 aliphatic rings. The lowest BCUT2D eigenvalue weighted by Crippen LogP contribution is -2.30. The van der Waals surface area contributed by atoms with Crippen LogP contribution in [0.3, 0.4) is 0 Å². The Morgan fingerprint density at radius 2 is 2.08 bits per heavy atom. The quantitative estimate of drug-likeness (QED) is 0.622. The Morgan fingerprint density at radius 3 is 2.77 bits per heavy atom. The third-order valence-electron chi connectivity index (χ3n) is 3.57. The normalized spacial score (nSPS) is 12.1. The van der Waals surface area contributed by atoms with Crippen LogP contribution in [0.1, 0.15) is 24.8 Å². The molecule has 1 atom stereocenters. The maximum absolute atomic E-state index is 12.2. The molecule has 0 radical (unpaired) electrons. The Labute approximate surface area is 160 Å². The van der Waals surface area contributed by atoms with Gasteiger partial charge in [-0.25, -0.2) is 4.98 Å². The molecule has 26 heavy (non-hydrogen) atoms. The second-order valence-corrected chi connectivity index (χ2v) is 7.55. The third kappa shape index (κ3) is 6.55. The van der Waals surface area contributed by atoms with Gasteiger partial charge in [-0.2, -0.15) is 0 Å². The number of aryl methyl sites for hydroxylation is 1. The van der Waals surface area contributed by atoms with E-state index in [1.807, 2.05) is 19.1 Å². The number of rotatable bonds is 10. The highest BCUT2D eigenvalue weighted by molar-refractivity contribution is 7.84. The maximum atomic E-state index is 12.2. The van der Waals surface area contributed by atoms with Gasteiger partial charge < -0.3 is 14.5 Å². The minimum absolute atomic E-state index is 0.0583. The second-order valence-electron chi connectivity index (χ2n) is 5.66. The molecule has 0 saturated carbocycles. The largest absolute Gasteiger partial charge is 0.441 e. The first-order chi connectivity index (χ1) is 12.5. The molecule has 1 aromatic carbocycles. The van der Waals surface area contributed by atoms with E-state index in [9.17, 15) is 9.00 Å². The van der Waals surface area contributed by atoms with Gasteiger partial charge in [-0.15, -0.1) is 0 Å². The van der Waals surface area contributed by atoms with Crippen LogP contribution >= 0.6 is 11.6 Å². The van der Waals surface area contributed by atoms with Crippen molar-refractivity contribution >= 4 is 28.3 Å². The smallest absolute Gasteiger partial charge is 0.232 e. The lowest BCUT2D eigenvalue weighted by atomic mass is 10.2. The number of amides is 1. The van der Waals surface area contributed by atoms with Crippen LogP contribution in [0.15, 0.2) is 28.7 Å². The predicted octanol–water partition coefficient (Wildman–Crippen LogP) is 3.09. The van der Waals surface area contributed by atoms with Gasteiger partial charge in [0, 0.05) is 41.1 Å². The van der Waals surface area contributed by atoms with Crippen LogP contribution in [-0.4, -0.2) is 40.6 Å². The van der Waals surface area contributed by atoms with Gasteiger partial charge in [0.25, 0.3) is 0 Å². The minimum Gasteiger partial charge on any atom is -0.441 e. The van der Waals surface area contributed by atoms with Crippen molar-refractivity contribution < 1.29 is 18.2 Å². The Kier molecular flexibility index (Phi) is 8.28. The highest BCUT2D eigenvalue weighted by atomic mass is 35.5. The number of nitrogens with zero attached hydrogens (tertiary/aromatic N) is 1. The monoisotopic (exact) mass is 398 g/mol. The number of aromatic nitrogens is 1. The number of carbonyl (C=O) groups excluding carboxylic acids is 1. The zero-order valence-electron chi connectivity index (χ0n) is 14.9. The molecule has 0 saturated heterocycles. The van der Waals surface area contributed by atoms with E-state index >= 15 is 0 Å². The van der Waals surface area contributed by atoms with Gasteiger partial charge in [-0.05, 0) is 44.5 Å². The average molecular weight is 399 g/mol. The Morgan fingerprint density at radius 1 is 1.35 bits per heavy atom. The fourth-order valence-electron chi connectivity index (χ4n) is 2.23. The van der Waals surface area contributed by atoms with Gasteiger partial charge in [-0.1, -0.05) is 11.6 Å². The van der Waals surface area contributed by atoms with Crippen LogP contribution in [-0.2, 0) is 26.1 Å². The summed E-state index contributed by atoms with van der Waals surface area (Å²) in [4.78, 5) is 16.2. The molecular formula is C18H23ClN2O4S. The van der Waals surface area contributed by atoms with Crippen molar-refractivity contribution in [2.75, 3.05) is 25.5 Å². The zero-order valence-corrected chi connectivity index (χ0v) is 16.5. The standard InChI is InChI=1S/C18H23ClN2O4S/c1-3-24-10-4-9-20-17(22)12-26(23)11-16-13(2)25-18(21-16)14-5-7-15(19)8-6-14/h5-8H,3-4,9-12H2,1-2H3,(H,20,22)/t26-/m0/s1. The average Bonchev–Trinajstić information content (AvgIpc) is 2.95. The van der Waals surface area contributed by atoms with Crippen molar-refractivity contribution in [1.29, 1.82) is 0 Å². The van der Waals surface area contributed by atoms with Gasteiger partial charge in [0.15, 0.2) is 0 Å². The van der Waals surface area contributed by atoms with Crippen LogP contribution in [0, 0.1) is 6.92 Å². The van der Waals surface area contributed by atoms with Gasteiger partial charge in [0.05, 0.1) is 11.4 Å². The first kappa shape index (κ1) is 20.6. The van der Waals surface area contributed by atoms with Crippen molar-refractivity contribution in [2.45, 2.75) is 26.0 Å². The first-order valence-corrected chi connectivity index (χ1v) is 10.3. The van der Waals surface area contributed by atoms with E-state index in [-0.39, 0.29) is 17.4 Å². The zero-order chi connectivity index (χ0) is 18.9. The van der Waals surface area contributed by atoms with Crippen LogP contribution in [0.2, 0.25) is 5.02 Å². The molecule has 0 fully saturated rings. The topological polar surface area (TPSA) is 81.4 Å². The summed E-state index contributed by atoms with van der Waals surface area (Å²) in [6, 6.07) is 7.13. The molecular weight excluding hydrogens is 376 g/mol. The van der Waals surface area contributed by atoms with E-state index < -0.39 is 10.8 Å². The van der Waals surface area contributed by atoms with E-state index in [2.05, 4.69) is 10.3 Å². The lowest BCUT2D eigenvalue weighted by Gasteiger charge is -2.05. The number of benzene rings is 1. The molecule has 2 aromatic rings. The highest BCUT2D eigenvalue weighted by Gasteiger charge is 2.16. The fraction of sp³-hybridized carbons (Fsp3) is 0.444. The van der Waals surface area contributed by atoms with Crippen molar-refractivity contribution in [2.24, 2.45) is 0 Å². The first-order valence-electron chi connectivity index (χ1n) is 8.41. The molecule has 0 aliphatic heterocycles. The molecule has 8 heteroatoms. The van der Waals surface area contributed by atoms with E-state index in [1.54, 1.807) is 19.1 Å². The molecule has 1 amide bonds. The van der Waals surface area contributed by atoms with Crippen molar-refractivity contribution in [3.8, 4) is 11.5 Å². The molecule has 1 aromatic heterocycles. The summed E-state index contributed by atoms with van der Waals surface area (Å²) in [5, 5.41) is 3.37. The van der Waals surface area contributed by atoms with E-state index in [4.69, 9.17) is 20.8 Å². The molecule has 1 heterocycles. The summed E-state index contributed by atoms with van der Waals surface area (Å²) in [5.74, 6) is 0.929. The summed E-state index contributed by atoms with van der Waals surface area (Å²) < 4.78 is 23.1. The van der Waals surface area contributed by atoms with Gasteiger partial charge in [0.2, 0.25) is 11.8 Å². The maximum Gasteiger partial charge on any atom is 0.232 e. The summed E-state index contributed by atoms with van der Waals surface area (Å²) in [6.07, 6.45) is 0.735. The third-order valence-corrected chi connectivity index (χ3v) is 5.00.